The molecule has 1 aromatic carbocycles. The molecule has 1 fully saturated rings. The van der Waals surface area contributed by atoms with Crippen molar-refractivity contribution in [3.05, 3.63) is 65.5 Å². The maximum Gasteiger partial charge on any atom is 0.253 e. The fourth-order valence-corrected chi connectivity index (χ4v) is 2.73. The van der Waals surface area contributed by atoms with Gasteiger partial charge >= 0.3 is 0 Å². The Morgan fingerprint density at radius 1 is 1.24 bits per heavy atom. The van der Waals surface area contributed by atoms with Crippen LogP contribution in [0.4, 0.5) is 0 Å². The molecule has 1 aliphatic heterocycles. The smallest absolute Gasteiger partial charge is 0.253 e. The fraction of sp³-hybridized carbons (Fsp3) is 0.235. The van der Waals surface area contributed by atoms with Crippen LogP contribution < -0.4 is 0 Å². The molecule has 0 radical (unpaired) electrons. The molecule has 0 N–H and O–H groups in total. The minimum absolute atomic E-state index is 0.0165. The zero-order valence-electron chi connectivity index (χ0n) is 11.6. The molecule has 1 aromatic heterocycles. The van der Waals surface area contributed by atoms with Crippen molar-refractivity contribution < 1.29 is 9.59 Å². The maximum atomic E-state index is 12.5. The third-order valence-electron chi connectivity index (χ3n) is 3.85. The second-order valence-corrected chi connectivity index (χ2v) is 5.23. The van der Waals surface area contributed by atoms with Gasteiger partial charge in [-0.1, -0.05) is 18.2 Å². The number of aldehydes is 1. The summed E-state index contributed by atoms with van der Waals surface area (Å²) in [5, 5.41) is 0. The number of carbonyl (C=O) groups is 2. The van der Waals surface area contributed by atoms with Crippen LogP contribution in [0.5, 0.6) is 0 Å². The van der Waals surface area contributed by atoms with Crippen LogP contribution in [-0.2, 0) is 0 Å². The van der Waals surface area contributed by atoms with E-state index in [1.807, 2.05) is 23.1 Å². The summed E-state index contributed by atoms with van der Waals surface area (Å²) in [5.74, 6) is 0.279. The van der Waals surface area contributed by atoms with Crippen LogP contribution >= 0.6 is 0 Å². The minimum atomic E-state index is -0.0165. The van der Waals surface area contributed by atoms with Gasteiger partial charge in [-0.25, -0.2) is 0 Å². The van der Waals surface area contributed by atoms with Crippen molar-refractivity contribution in [1.29, 1.82) is 0 Å². The summed E-state index contributed by atoms with van der Waals surface area (Å²) in [6, 6.07) is 12.7. The van der Waals surface area contributed by atoms with Crippen molar-refractivity contribution in [2.24, 2.45) is 0 Å². The summed E-state index contributed by atoms with van der Waals surface area (Å²) in [6.07, 6.45) is 3.47. The highest BCUT2D eigenvalue weighted by Gasteiger charge is 2.28. The summed E-state index contributed by atoms with van der Waals surface area (Å²) in [4.78, 5) is 29.5. The molecule has 106 valence electrons. The lowest BCUT2D eigenvalue weighted by atomic mass is 10.0. The highest BCUT2D eigenvalue weighted by atomic mass is 16.2. The third kappa shape index (κ3) is 2.84. The Labute approximate surface area is 123 Å². The van der Waals surface area contributed by atoms with Gasteiger partial charge in [-0.05, 0) is 30.7 Å². The number of aromatic nitrogens is 1. The van der Waals surface area contributed by atoms with E-state index in [1.54, 1.807) is 30.5 Å². The Morgan fingerprint density at radius 2 is 2.14 bits per heavy atom. The van der Waals surface area contributed by atoms with Crippen LogP contribution in [-0.4, -0.2) is 35.2 Å². The van der Waals surface area contributed by atoms with Gasteiger partial charge in [0.05, 0.1) is 0 Å². The molecule has 0 spiro atoms. The van der Waals surface area contributed by atoms with Gasteiger partial charge in [0.15, 0.2) is 0 Å². The Bertz CT molecular complexity index is 655. The average Bonchev–Trinajstić information content (AvgIpc) is 3.05. The lowest BCUT2D eigenvalue weighted by Crippen LogP contribution is -2.28. The van der Waals surface area contributed by atoms with E-state index in [0.717, 1.165) is 24.9 Å². The first-order valence-corrected chi connectivity index (χ1v) is 7.03. The predicted molar refractivity (Wildman–Crippen MR) is 79.3 cm³/mol. The van der Waals surface area contributed by atoms with E-state index in [4.69, 9.17) is 0 Å². The quantitative estimate of drug-likeness (QED) is 0.812. The van der Waals surface area contributed by atoms with Crippen LogP contribution in [0.1, 0.15) is 38.7 Å². The van der Waals surface area contributed by atoms with E-state index < -0.39 is 0 Å². The first-order chi connectivity index (χ1) is 10.3. The fourth-order valence-electron chi connectivity index (χ4n) is 2.73. The number of amides is 1. The minimum Gasteiger partial charge on any atom is -0.338 e. The summed E-state index contributed by atoms with van der Waals surface area (Å²) in [6.45, 7) is 1.41. The molecule has 1 amide bonds. The van der Waals surface area contributed by atoms with Crippen LogP contribution in [0.15, 0.2) is 48.7 Å². The van der Waals surface area contributed by atoms with Crippen molar-refractivity contribution in [3.63, 3.8) is 0 Å². The zero-order valence-corrected chi connectivity index (χ0v) is 11.6. The number of hydrogen-bond acceptors (Lipinski definition) is 3. The number of carbonyl (C=O) groups excluding carboxylic acids is 2. The van der Waals surface area contributed by atoms with Crippen molar-refractivity contribution in [1.82, 2.24) is 9.88 Å². The molecule has 3 rings (SSSR count). The van der Waals surface area contributed by atoms with Crippen molar-refractivity contribution >= 4 is 12.2 Å². The van der Waals surface area contributed by atoms with E-state index in [1.165, 1.54) is 0 Å². The van der Waals surface area contributed by atoms with Gasteiger partial charge in [-0.2, -0.15) is 0 Å². The molecule has 0 saturated carbocycles. The van der Waals surface area contributed by atoms with Crippen molar-refractivity contribution in [3.8, 4) is 0 Å². The van der Waals surface area contributed by atoms with Gasteiger partial charge in [0.1, 0.15) is 6.29 Å². The molecule has 4 nitrogen and oxygen atoms in total. The van der Waals surface area contributed by atoms with Gasteiger partial charge in [-0.15, -0.1) is 0 Å². The largest absolute Gasteiger partial charge is 0.338 e. The standard InChI is InChI=1S/C17H16N2O2/c20-12-13-4-3-5-14(10-13)17(21)19-9-7-15(11-19)16-6-1-2-8-18-16/h1-6,8,10,12,15H,7,9,11H2. The molecule has 1 saturated heterocycles. The van der Waals surface area contributed by atoms with Gasteiger partial charge in [0, 0.05) is 42.0 Å². The highest BCUT2D eigenvalue weighted by molar-refractivity contribution is 5.96. The average molecular weight is 280 g/mol. The van der Waals surface area contributed by atoms with Gasteiger partial charge in [0.2, 0.25) is 0 Å². The second kappa shape index (κ2) is 5.87. The Morgan fingerprint density at radius 3 is 2.90 bits per heavy atom. The number of pyridine rings is 1. The summed E-state index contributed by atoms with van der Waals surface area (Å²) in [5.41, 5.74) is 2.14. The van der Waals surface area contributed by atoms with E-state index >= 15 is 0 Å². The van der Waals surface area contributed by atoms with Gasteiger partial charge in [0.25, 0.3) is 5.91 Å². The van der Waals surface area contributed by atoms with Crippen LogP contribution in [0, 0.1) is 0 Å². The number of benzene rings is 1. The molecule has 1 atom stereocenters. The molecular weight excluding hydrogens is 264 g/mol. The molecule has 2 aromatic rings. The number of nitrogens with zero attached hydrogens (tertiary/aromatic N) is 2. The first kappa shape index (κ1) is 13.5. The summed E-state index contributed by atoms with van der Waals surface area (Å²) >= 11 is 0. The Kier molecular flexibility index (Phi) is 3.77. The van der Waals surface area contributed by atoms with Crippen LogP contribution in [0.2, 0.25) is 0 Å². The van der Waals surface area contributed by atoms with E-state index in [0.29, 0.717) is 23.6 Å². The third-order valence-corrected chi connectivity index (χ3v) is 3.85. The molecule has 1 unspecified atom stereocenters. The van der Waals surface area contributed by atoms with Crippen LogP contribution in [0.3, 0.4) is 0 Å². The molecule has 1 aliphatic rings. The number of rotatable bonds is 3. The lowest BCUT2D eigenvalue weighted by molar-refractivity contribution is 0.0790. The molecule has 21 heavy (non-hydrogen) atoms. The SMILES string of the molecule is O=Cc1cccc(C(=O)N2CCC(c3ccccn3)C2)c1. The van der Waals surface area contributed by atoms with E-state index in [2.05, 4.69) is 4.98 Å². The van der Waals surface area contributed by atoms with Crippen LogP contribution in [0.25, 0.3) is 0 Å². The maximum absolute atomic E-state index is 12.5. The molecular formula is C17H16N2O2. The Hall–Kier alpha value is -2.49. The first-order valence-electron chi connectivity index (χ1n) is 7.03. The topological polar surface area (TPSA) is 50.3 Å². The van der Waals surface area contributed by atoms with Gasteiger partial charge in [-0.3, -0.25) is 14.6 Å². The zero-order chi connectivity index (χ0) is 14.7. The molecule has 4 heteroatoms. The monoisotopic (exact) mass is 280 g/mol. The van der Waals surface area contributed by atoms with Crippen molar-refractivity contribution in [2.45, 2.75) is 12.3 Å². The second-order valence-electron chi connectivity index (χ2n) is 5.23. The van der Waals surface area contributed by atoms with E-state index in [-0.39, 0.29) is 5.91 Å². The predicted octanol–water partition coefficient (Wildman–Crippen LogP) is 2.52. The molecule has 0 bridgehead atoms. The molecule has 0 aliphatic carbocycles. The number of hydrogen-bond donors (Lipinski definition) is 0. The number of likely N-dealkylation sites (tertiary alicyclic amines) is 1. The Balaban J connectivity index is 1.73. The van der Waals surface area contributed by atoms with Crippen molar-refractivity contribution in [2.75, 3.05) is 13.1 Å². The normalized spacial score (nSPS) is 17.7. The summed E-state index contributed by atoms with van der Waals surface area (Å²) < 4.78 is 0. The lowest BCUT2D eigenvalue weighted by Gasteiger charge is -2.16. The molecule has 2 heterocycles. The van der Waals surface area contributed by atoms with Gasteiger partial charge < -0.3 is 4.90 Å². The summed E-state index contributed by atoms with van der Waals surface area (Å²) in [7, 11) is 0. The van der Waals surface area contributed by atoms with E-state index in [9.17, 15) is 9.59 Å². The highest BCUT2D eigenvalue weighted by Crippen LogP contribution is 2.26.